The number of carboxylic acids is 1. The molecule has 25 heavy (non-hydrogen) atoms. The fourth-order valence-electron chi connectivity index (χ4n) is 2.50. The summed E-state index contributed by atoms with van der Waals surface area (Å²) in [6.45, 7) is 0. The van der Waals surface area contributed by atoms with Crippen molar-refractivity contribution < 1.29 is 27.5 Å². The summed E-state index contributed by atoms with van der Waals surface area (Å²) >= 11 is 0. The quantitative estimate of drug-likeness (QED) is 0.774. The van der Waals surface area contributed by atoms with Crippen LogP contribution in [0.25, 0.3) is 22.3 Å². The van der Waals surface area contributed by atoms with Gasteiger partial charge >= 0.3 is 12.1 Å². The average Bonchev–Trinajstić information content (AvgIpc) is 2.54. The molecule has 0 radical (unpaired) electrons. The zero-order valence-corrected chi connectivity index (χ0v) is 12.6. The zero-order valence-electron chi connectivity index (χ0n) is 12.6. The molecule has 1 heterocycles. The van der Waals surface area contributed by atoms with Crippen LogP contribution in [0, 0.1) is 0 Å². The van der Waals surface area contributed by atoms with Crippen LogP contribution >= 0.6 is 0 Å². The number of hydrogen-bond acceptors (Lipinski definition) is 3. The van der Waals surface area contributed by atoms with Gasteiger partial charge in [-0.1, -0.05) is 24.3 Å². The van der Waals surface area contributed by atoms with Crippen LogP contribution in [0.5, 0.6) is 0 Å². The first kappa shape index (κ1) is 16.8. The van der Waals surface area contributed by atoms with Gasteiger partial charge in [0, 0.05) is 17.2 Å². The van der Waals surface area contributed by atoms with E-state index in [1.165, 1.54) is 30.3 Å². The van der Waals surface area contributed by atoms with E-state index in [1.807, 2.05) is 0 Å². The molecule has 3 rings (SSSR count). The second kappa shape index (κ2) is 6.08. The molecule has 7 heteroatoms. The molecule has 0 bridgehead atoms. The second-order valence-electron chi connectivity index (χ2n) is 5.41. The lowest BCUT2D eigenvalue weighted by Crippen LogP contribution is -2.06. The fraction of sp³-hybridized carbons (Fsp3) is 0.111. The van der Waals surface area contributed by atoms with Crippen molar-refractivity contribution in [1.29, 1.82) is 0 Å². The number of halogens is 3. The molecule has 0 saturated heterocycles. The predicted molar refractivity (Wildman–Crippen MR) is 84.3 cm³/mol. The van der Waals surface area contributed by atoms with Gasteiger partial charge in [-0.05, 0) is 18.2 Å². The maximum absolute atomic E-state index is 12.6. The molecule has 128 valence electrons. The van der Waals surface area contributed by atoms with Crippen molar-refractivity contribution in [3.05, 3.63) is 69.9 Å². The predicted octanol–water partition coefficient (Wildman–Crippen LogP) is 4.11. The van der Waals surface area contributed by atoms with Gasteiger partial charge in [-0.15, -0.1) is 0 Å². The van der Waals surface area contributed by atoms with Crippen molar-refractivity contribution in [2.24, 2.45) is 0 Å². The number of hydrogen-bond donors (Lipinski definition) is 1. The molecular weight excluding hydrogens is 337 g/mol. The van der Waals surface area contributed by atoms with Crippen molar-refractivity contribution in [1.82, 2.24) is 0 Å². The molecule has 1 aromatic heterocycles. The highest BCUT2D eigenvalue weighted by atomic mass is 19.4. The van der Waals surface area contributed by atoms with Crippen LogP contribution in [0.2, 0.25) is 0 Å². The smallest absolute Gasteiger partial charge is 0.416 e. The summed E-state index contributed by atoms with van der Waals surface area (Å²) in [5, 5.41) is 9.18. The number of fused-ring (bicyclic) bond motifs is 1. The Morgan fingerprint density at radius 1 is 1.08 bits per heavy atom. The maximum Gasteiger partial charge on any atom is 0.416 e. The molecule has 4 nitrogen and oxygen atoms in total. The Balaban J connectivity index is 2.14. The van der Waals surface area contributed by atoms with Gasteiger partial charge in [0.2, 0.25) is 0 Å². The second-order valence-corrected chi connectivity index (χ2v) is 5.41. The van der Waals surface area contributed by atoms with Gasteiger partial charge in [0.25, 0.3) is 0 Å². The van der Waals surface area contributed by atoms with Crippen LogP contribution in [-0.4, -0.2) is 11.1 Å². The Morgan fingerprint density at radius 3 is 2.36 bits per heavy atom. The number of carbonyl (C=O) groups is 1. The molecule has 0 unspecified atom stereocenters. The highest BCUT2D eigenvalue weighted by Gasteiger charge is 2.30. The Hall–Kier alpha value is -3.09. The van der Waals surface area contributed by atoms with Gasteiger partial charge in [0.05, 0.1) is 17.4 Å². The number of alkyl halides is 3. The van der Waals surface area contributed by atoms with E-state index >= 15 is 0 Å². The number of rotatable bonds is 3. The van der Waals surface area contributed by atoms with Crippen LogP contribution in [0.15, 0.2) is 57.7 Å². The molecule has 3 aromatic rings. The van der Waals surface area contributed by atoms with Gasteiger partial charge in [0.1, 0.15) is 11.3 Å². The van der Waals surface area contributed by atoms with E-state index in [0.29, 0.717) is 5.56 Å². The normalized spacial score (nSPS) is 11.6. The average molecular weight is 348 g/mol. The minimum atomic E-state index is -4.46. The van der Waals surface area contributed by atoms with Gasteiger partial charge in [-0.2, -0.15) is 13.2 Å². The van der Waals surface area contributed by atoms with Gasteiger partial charge < -0.3 is 9.52 Å². The van der Waals surface area contributed by atoms with E-state index in [2.05, 4.69) is 0 Å². The Bertz CT molecular complexity index is 1000. The number of para-hydroxylation sites is 1. The van der Waals surface area contributed by atoms with Crippen LogP contribution in [0.3, 0.4) is 0 Å². The Kier molecular flexibility index (Phi) is 4.08. The summed E-state index contributed by atoms with van der Waals surface area (Å²) in [5.74, 6) is -1.01. The maximum atomic E-state index is 12.6. The lowest BCUT2D eigenvalue weighted by Gasteiger charge is -2.09. The summed E-state index contributed by atoms with van der Waals surface area (Å²) in [7, 11) is 0. The fourth-order valence-corrected chi connectivity index (χ4v) is 2.50. The van der Waals surface area contributed by atoms with E-state index in [1.54, 1.807) is 6.07 Å². The first-order valence-electron chi connectivity index (χ1n) is 7.21. The standard InChI is InChI=1S/C18H11F3O4/c19-18(20,21)12-6-4-10(5-7-12)15-9-14(22)13-3-1-2-11(8-16(23)24)17(13)25-15/h1-7,9H,8H2,(H,23,24). The minimum absolute atomic E-state index is 0.0732. The van der Waals surface area contributed by atoms with E-state index < -0.39 is 23.1 Å². The zero-order chi connectivity index (χ0) is 18.2. The summed E-state index contributed by atoms with van der Waals surface area (Å²) in [4.78, 5) is 23.2. The monoisotopic (exact) mass is 348 g/mol. The lowest BCUT2D eigenvalue weighted by molar-refractivity contribution is -0.138. The van der Waals surface area contributed by atoms with Crippen molar-refractivity contribution in [3.8, 4) is 11.3 Å². The molecule has 0 aliphatic rings. The molecule has 0 amide bonds. The molecule has 0 aliphatic heterocycles. The van der Waals surface area contributed by atoms with Crippen molar-refractivity contribution in [2.75, 3.05) is 0 Å². The van der Waals surface area contributed by atoms with E-state index in [0.717, 1.165) is 12.1 Å². The molecular formula is C18H11F3O4. The van der Waals surface area contributed by atoms with Crippen molar-refractivity contribution >= 4 is 16.9 Å². The van der Waals surface area contributed by atoms with Crippen molar-refractivity contribution in [2.45, 2.75) is 12.6 Å². The van der Waals surface area contributed by atoms with Crippen LogP contribution in [-0.2, 0) is 17.4 Å². The molecule has 0 aliphatic carbocycles. The third-order valence-corrected chi connectivity index (χ3v) is 3.67. The largest absolute Gasteiger partial charge is 0.481 e. The van der Waals surface area contributed by atoms with Crippen LogP contribution in [0.1, 0.15) is 11.1 Å². The van der Waals surface area contributed by atoms with E-state index in [-0.39, 0.29) is 28.7 Å². The lowest BCUT2D eigenvalue weighted by atomic mass is 10.1. The SMILES string of the molecule is O=C(O)Cc1cccc2c(=O)cc(-c3ccc(C(F)(F)F)cc3)oc12. The van der Waals surface area contributed by atoms with E-state index in [9.17, 15) is 22.8 Å². The molecule has 1 N–H and O–H groups in total. The number of aliphatic carboxylic acids is 1. The van der Waals surface area contributed by atoms with Crippen LogP contribution in [0.4, 0.5) is 13.2 Å². The Labute approximate surface area is 139 Å². The third kappa shape index (κ3) is 3.40. The van der Waals surface area contributed by atoms with Gasteiger partial charge in [0.15, 0.2) is 5.43 Å². The minimum Gasteiger partial charge on any atom is -0.481 e. The molecule has 0 spiro atoms. The summed E-state index contributed by atoms with van der Waals surface area (Å²) < 4.78 is 43.6. The van der Waals surface area contributed by atoms with E-state index in [4.69, 9.17) is 9.52 Å². The first-order chi connectivity index (χ1) is 11.8. The van der Waals surface area contributed by atoms with Gasteiger partial charge in [-0.3, -0.25) is 9.59 Å². The topological polar surface area (TPSA) is 67.5 Å². The summed E-state index contributed by atoms with van der Waals surface area (Å²) in [6, 6.07) is 9.94. The first-order valence-corrected chi connectivity index (χ1v) is 7.21. The third-order valence-electron chi connectivity index (χ3n) is 3.67. The van der Waals surface area contributed by atoms with Crippen LogP contribution < -0.4 is 5.43 Å². The summed E-state index contributed by atoms with van der Waals surface area (Å²) in [6.07, 6.45) is -4.80. The summed E-state index contributed by atoms with van der Waals surface area (Å²) in [5.41, 5.74) is -0.491. The highest BCUT2D eigenvalue weighted by molar-refractivity contribution is 5.85. The van der Waals surface area contributed by atoms with Crippen molar-refractivity contribution in [3.63, 3.8) is 0 Å². The Morgan fingerprint density at radius 2 is 1.76 bits per heavy atom. The highest BCUT2D eigenvalue weighted by Crippen LogP contribution is 2.31. The molecule has 0 saturated carbocycles. The van der Waals surface area contributed by atoms with Gasteiger partial charge in [-0.25, -0.2) is 0 Å². The number of carboxylic acid groups (broad SMARTS) is 1. The molecule has 0 fully saturated rings. The molecule has 2 aromatic carbocycles. The molecule has 0 atom stereocenters. The number of benzene rings is 2.